The fourth-order valence-corrected chi connectivity index (χ4v) is 2.31. The first-order chi connectivity index (χ1) is 8.72. The largest absolute Gasteiger partial charge is 0.439 e. The van der Waals surface area contributed by atoms with E-state index in [1.165, 1.54) is 12.1 Å². The minimum absolute atomic E-state index is 0. The lowest BCUT2D eigenvalue weighted by Crippen LogP contribution is -2.49. The molecule has 20 heavy (non-hydrogen) atoms. The molecule has 1 saturated heterocycles. The van der Waals surface area contributed by atoms with Gasteiger partial charge in [0.2, 0.25) is 5.89 Å². The Labute approximate surface area is 129 Å². The summed E-state index contributed by atoms with van der Waals surface area (Å²) < 4.78 is 18.6. The summed E-state index contributed by atoms with van der Waals surface area (Å²) >= 11 is 0. The lowest BCUT2D eigenvalue weighted by Gasteiger charge is -2.32. The van der Waals surface area contributed by atoms with Crippen molar-refractivity contribution in [1.29, 1.82) is 0 Å². The average molecular weight is 322 g/mol. The Balaban J connectivity index is 0.000001000. The number of benzene rings is 1. The second-order valence-corrected chi connectivity index (χ2v) is 4.74. The second-order valence-electron chi connectivity index (χ2n) is 4.74. The maximum Gasteiger partial charge on any atom is 0.209 e. The first-order valence-corrected chi connectivity index (χ1v) is 6.22. The van der Waals surface area contributed by atoms with Gasteiger partial charge in [0.05, 0.1) is 6.54 Å². The van der Waals surface area contributed by atoms with Crippen LogP contribution in [0.1, 0.15) is 12.8 Å². The molecule has 1 fully saturated rings. The Bertz CT molecular complexity index is 564. The molecule has 0 unspecified atom stereocenters. The van der Waals surface area contributed by atoms with Crippen LogP contribution in [-0.2, 0) is 6.54 Å². The van der Waals surface area contributed by atoms with E-state index in [2.05, 4.69) is 22.1 Å². The summed E-state index contributed by atoms with van der Waals surface area (Å²) in [6.07, 6.45) is 0. The Morgan fingerprint density at radius 1 is 1.45 bits per heavy atom. The number of aromatic nitrogens is 1. The zero-order valence-electron chi connectivity index (χ0n) is 11.1. The number of halogens is 3. The number of nitrogens with zero attached hydrogens (tertiary/aromatic N) is 2. The van der Waals surface area contributed by atoms with Crippen LogP contribution in [0.5, 0.6) is 0 Å². The summed E-state index contributed by atoms with van der Waals surface area (Å²) in [5.41, 5.74) is 1.24. The molecule has 7 heteroatoms. The SMILES string of the molecule is C[C@H]1CNCCN1Cc1nc2ccc(F)cc2o1.Cl.Cl. The fourth-order valence-electron chi connectivity index (χ4n) is 2.31. The van der Waals surface area contributed by atoms with E-state index >= 15 is 0 Å². The van der Waals surface area contributed by atoms with Crippen molar-refractivity contribution in [2.45, 2.75) is 19.5 Å². The van der Waals surface area contributed by atoms with Crippen molar-refractivity contribution >= 4 is 35.9 Å². The minimum Gasteiger partial charge on any atom is -0.439 e. The van der Waals surface area contributed by atoms with Crippen LogP contribution in [0.3, 0.4) is 0 Å². The Morgan fingerprint density at radius 3 is 3.00 bits per heavy atom. The molecule has 0 bridgehead atoms. The van der Waals surface area contributed by atoms with Gasteiger partial charge in [-0.2, -0.15) is 0 Å². The van der Waals surface area contributed by atoms with Crippen molar-refractivity contribution in [3.05, 3.63) is 29.9 Å². The zero-order valence-corrected chi connectivity index (χ0v) is 12.8. The monoisotopic (exact) mass is 321 g/mol. The Kier molecular flexibility index (Phi) is 6.20. The van der Waals surface area contributed by atoms with E-state index in [0.29, 0.717) is 29.6 Å². The van der Waals surface area contributed by atoms with Gasteiger partial charge in [0.15, 0.2) is 5.58 Å². The Hall–Kier alpha value is -0.880. The zero-order chi connectivity index (χ0) is 12.5. The number of rotatable bonds is 2. The van der Waals surface area contributed by atoms with Crippen LogP contribution in [0.2, 0.25) is 0 Å². The molecule has 0 aliphatic carbocycles. The van der Waals surface area contributed by atoms with Gasteiger partial charge in [-0.15, -0.1) is 24.8 Å². The molecule has 0 radical (unpaired) electrons. The standard InChI is InChI=1S/C13H16FN3O.2ClH/c1-9-7-15-4-5-17(9)8-13-16-11-3-2-10(14)6-12(11)18-13;;/h2-3,6,9,15H,4-5,7-8H2,1H3;2*1H/t9-;;/m0../s1. The van der Waals surface area contributed by atoms with Crippen LogP contribution in [0, 0.1) is 5.82 Å². The predicted molar refractivity (Wildman–Crippen MR) is 81.2 cm³/mol. The van der Waals surface area contributed by atoms with Gasteiger partial charge in [-0.05, 0) is 19.1 Å². The molecule has 4 nitrogen and oxygen atoms in total. The quantitative estimate of drug-likeness (QED) is 0.923. The van der Waals surface area contributed by atoms with Crippen molar-refractivity contribution in [3.63, 3.8) is 0 Å². The summed E-state index contributed by atoms with van der Waals surface area (Å²) in [6.45, 7) is 5.80. The van der Waals surface area contributed by atoms with Crippen molar-refractivity contribution in [1.82, 2.24) is 15.2 Å². The first-order valence-electron chi connectivity index (χ1n) is 6.22. The van der Waals surface area contributed by atoms with Crippen molar-refractivity contribution in [2.75, 3.05) is 19.6 Å². The highest BCUT2D eigenvalue weighted by atomic mass is 35.5. The lowest BCUT2D eigenvalue weighted by molar-refractivity contribution is 0.152. The van der Waals surface area contributed by atoms with Crippen LogP contribution in [0.15, 0.2) is 22.6 Å². The van der Waals surface area contributed by atoms with E-state index in [1.807, 2.05) is 0 Å². The van der Waals surface area contributed by atoms with Crippen molar-refractivity contribution in [3.8, 4) is 0 Å². The molecular weight excluding hydrogens is 304 g/mol. The number of piperazine rings is 1. The van der Waals surface area contributed by atoms with E-state index in [4.69, 9.17) is 4.42 Å². The molecule has 1 aromatic carbocycles. The van der Waals surface area contributed by atoms with Gasteiger partial charge in [-0.25, -0.2) is 9.37 Å². The van der Waals surface area contributed by atoms with E-state index in [9.17, 15) is 4.39 Å². The highest BCUT2D eigenvalue weighted by molar-refractivity contribution is 5.85. The van der Waals surface area contributed by atoms with Crippen LogP contribution in [0.4, 0.5) is 4.39 Å². The summed E-state index contributed by atoms with van der Waals surface area (Å²) in [5.74, 6) is 0.366. The smallest absolute Gasteiger partial charge is 0.209 e. The van der Waals surface area contributed by atoms with Crippen molar-refractivity contribution < 1.29 is 8.81 Å². The van der Waals surface area contributed by atoms with E-state index < -0.39 is 0 Å². The van der Waals surface area contributed by atoms with E-state index in [0.717, 1.165) is 19.6 Å². The molecule has 3 rings (SSSR count). The highest BCUT2D eigenvalue weighted by Crippen LogP contribution is 2.18. The third-order valence-electron chi connectivity index (χ3n) is 3.37. The van der Waals surface area contributed by atoms with Crippen LogP contribution >= 0.6 is 24.8 Å². The summed E-state index contributed by atoms with van der Waals surface area (Å²) in [6, 6.07) is 4.90. The topological polar surface area (TPSA) is 41.3 Å². The molecule has 1 aliphatic rings. The normalized spacial score (nSPS) is 19.4. The minimum atomic E-state index is -0.291. The molecule has 1 N–H and O–H groups in total. The summed E-state index contributed by atoms with van der Waals surface area (Å²) in [7, 11) is 0. The molecule has 112 valence electrons. The van der Waals surface area contributed by atoms with Crippen LogP contribution < -0.4 is 5.32 Å². The fraction of sp³-hybridized carbons (Fsp3) is 0.462. The van der Waals surface area contributed by atoms with E-state index in [-0.39, 0.29) is 30.6 Å². The van der Waals surface area contributed by atoms with Crippen LogP contribution in [0.25, 0.3) is 11.1 Å². The number of nitrogens with one attached hydrogen (secondary N) is 1. The third-order valence-corrected chi connectivity index (χ3v) is 3.37. The molecular formula is C13H18Cl2FN3O. The van der Waals surface area contributed by atoms with Gasteiger partial charge in [0.1, 0.15) is 11.3 Å². The van der Waals surface area contributed by atoms with Gasteiger partial charge in [-0.3, -0.25) is 4.90 Å². The third kappa shape index (κ3) is 3.61. The molecule has 0 saturated carbocycles. The van der Waals surface area contributed by atoms with Gasteiger partial charge in [0.25, 0.3) is 0 Å². The first kappa shape index (κ1) is 17.2. The second kappa shape index (κ2) is 7.22. The molecule has 0 spiro atoms. The summed E-state index contributed by atoms with van der Waals surface area (Å²) in [5, 5.41) is 3.34. The van der Waals surface area contributed by atoms with Gasteiger partial charge >= 0.3 is 0 Å². The number of hydrogen-bond donors (Lipinski definition) is 1. The maximum absolute atomic E-state index is 13.1. The van der Waals surface area contributed by atoms with E-state index in [1.54, 1.807) is 6.07 Å². The molecule has 1 aliphatic heterocycles. The van der Waals surface area contributed by atoms with Gasteiger partial charge < -0.3 is 9.73 Å². The van der Waals surface area contributed by atoms with Crippen molar-refractivity contribution in [2.24, 2.45) is 0 Å². The van der Waals surface area contributed by atoms with Gasteiger partial charge in [0, 0.05) is 31.7 Å². The number of oxazole rings is 1. The molecule has 2 heterocycles. The molecule has 1 aromatic heterocycles. The highest BCUT2D eigenvalue weighted by Gasteiger charge is 2.20. The molecule has 0 amide bonds. The van der Waals surface area contributed by atoms with Gasteiger partial charge in [-0.1, -0.05) is 0 Å². The maximum atomic E-state index is 13.1. The number of hydrogen-bond acceptors (Lipinski definition) is 4. The van der Waals surface area contributed by atoms with Crippen LogP contribution in [-0.4, -0.2) is 35.6 Å². The molecule has 1 atom stereocenters. The number of fused-ring (bicyclic) bond motifs is 1. The predicted octanol–water partition coefficient (Wildman–Crippen LogP) is 2.60. The summed E-state index contributed by atoms with van der Waals surface area (Å²) in [4.78, 5) is 6.70. The Morgan fingerprint density at radius 2 is 2.25 bits per heavy atom. The molecule has 2 aromatic rings. The average Bonchev–Trinajstić information content (AvgIpc) is 2.73. The lowest BCUT2D eigenvalue weighted by atomic mass is 10.2.